The van der Waals surface area contributed by atoms with Crippen LogP contribution in [0, 0.1) is 5.41 Å². The van der Waals surface area contributed by atoms with Crippen molar-refractivity contribution < 1.29 is 35.1 Å². The number of carboxylic acid groups (broad SMARTS) is 1. The second-order valence-electron chi connectivity index (χ2n) is 9.63. The fourth-order valence-corrected chi connectivity index (χ4v) is 4.26. The van der Waals surface area contributed by atoms with E-state index in [9.17, 15) is 20.1 Å². The molecule has 0 spiro atoms. The Balaban J connectivity index is 0.00000313. The molecule has 2 atom stereocenters. The second-order valence-corrected chi connectivity index (χ2v) is 9.63. The molecule has 33 heavy (non-hydrogen) atoms. The van der Waals surface area contributed by atoms with Gasteiger partial charge in [0.25, 0.3) is 0 Å². The molecule has 0 amide bonds. The van der Waals surface area contributed by atoms with Gasteiger partial charge in [-0.05, 0) is 19.3 Å². The Morgan fingerprint density at radius 3 is 1.33 bits per heavy atom. The molecule has 0 aromatic carbocycles. The van der Waals surface area contributed by atoms with Crippen molar-refractivity contribution in [3.05, 3.63) is 0 Å². The lowest BCUT2D eigenvalue weighted by molar-refractivity contribution is -0.155. The van der Waals surface area contributed by atoms with Crippen molar-refractivity contribution >= 4 is 5.97 Å². The molecule has 198 valence electrons. The lowest BCUT2D eigenvalue weighted by atomic mass is 9.73. The van der Waals surface area contributed by atoms with Gasteiger partial charge in [-0.1, -0.05) is 96.8 Å². The number of carbonyl (C=O) groups is 1. The SMILES string of the molecule is C1CO1.CCCCCCCCCCCCCCCCC(CC(O)CO)(CC(O)CO)C(=O)O. The van der Waals surface area contributed by atoms with Gasteiger partial charge >= 0.3 is 5.97 Å². The van der Waals surface area contributed by atoms with Crippen LogP contribution < -0.4 is 0 Å². The van der Waals surface area contributed by atoms with E-state index in [1.54, 1.807) is 0 Å². The summed E-state index contributed by atoms with van der Waals surface area (Å²) in [6.07, 6.45) is 14.8. The third-order valence-electron chi connectivity index (χ3n) is 6.34. The monoisotopic (exact) mass is 476 g/mol. The van der Waals surface area contributed by atoms with Crippen molar-refractivity contribution in [2.24, 2.45) is 5.41 Å². The van der Waals surface area contributed by atoms with Crippen molar-refractivity contribution in [1.82, 2.24) is 0 Å². The zero-order valence-electron chi connectivity index (χ0n) is 21.1. The first-order valence-corrected chi connectivity index (χ1v) is 13.3. The molecule has 7 nitrogen and oxygen atoms in total. The highest BCUT2D eigenvalue weighted by molar-refractivity contribution is 5.74. The van der Waals surface area contributed by atoms with Crippen LogP contribution in [0.25, 0.3) is 0 Å². The van der Waals surface area contributed by atoms with Crippen LogP contribution in [0.1, 0.15) is 116 Å². The Morgan fingerprint density at radius 1 is 0.727 bits per heavy atom. The summed E-state index contributed by atoms with van der Waals surface area (Å²) in [5.41, 5.74) is -1.32. The highest BCUT2D eigenvalue weighted by Crippen LogP contribution is 2.36. The predicted octanol–water partition coefficient (Wildman–Crippen LogP) is 4.43. The number of epoxide rings is 1. The van der Waals surface area contributed by atoms with Gasteiger partial charge in [-0.15, -0.1) is 0 Å². The minimum Gasteiger partial charge on any atom is -0.481 e. The zero-order valence-corrected chi connectivity index (χ0v) is 21.1. The first-order valence-electron chi connectivity index (χ1n) is 13.3. The van der Waals surface area contributed by atoms with Crippen LogP contribution in [-0.2, 0) is 9.53 Å². The Kier molecular flexibility index (Phi) is 21.3. The molecule has 1 aliphatic rings. The molecular weight excluding hydrogens is 424 g/mol. The molecule has 0 radical (unpaired) electrons. The number of carboxylic acids is 1. The summed E-state index contributed by atoms with van der Waals surface area (Å²) >= 11 is 0. The molecule has 1 rings (SSSR count). The summed E-state index contributed by atoms with van der Waals surface area (Å²) in [5, 5.41) is 47.5. The van der Waals surface area contributed by atoms with E-state index in [4.69, 9.17) is 10.2 Å². The maximum atomic E-state index is 11.9. The number of hydrogen-bond acceptors (Lipinski definition) is 6. The molecule has 2 unspecified atom stereocenters. The molecule has 0 saturated carbocycles. The standard InChI is InChI=1S/C24H48O6.C2H4O/c1-2-3-4-5-6-7-8-9-10-11-12-13-14-15-16-24(23(29)30,17-21(27)19-25)18-22(28)20-26;1-2-3-1/h21-22,25-28H,2-20H2,1H3,(H,29,30);1-2H2. The van der Waals surface area contributed by atoms with E-state index in [1.807, 2.05) is 0 Å². The van der Waals surface area contributed by atoms with Crippen molar-refractivity contribution in [3.8, 4) is 0 Å². The molecule has 7 heteroatoms. The molecule has 1 heterocycles. The molecule has 0 bridgehead atoms. The molecule has 0 aromatic rings. The number of rotatable bonds is 22. The summed E-state index contributed by atoms with van der Waals surface area (Å²) in [5.74, 6) is -1.09. The minimum atomic E-state index is -1.32. The van der Waals surface area contributed by atoms with E-state index in [1.165, 1.54) is 64.2 Å². The summed E-state index contributed by atoms with van der Waals surface area (Å²) < 4.78 is 4.50. The first-order chi connectivity index (χ1) is 15.9. The fourth-order valence-electron chi connectivity index (χ4n) is 4.26. The third kappa shape index (κ3) is 19.3. The van der Waals surface area contributed by atoms with Gasteiger partial charge < -0.3 is 30.3 Å². The van der Waals surface area contributed by atoms with Gasteiger partial charge in [0.1, 0.15) is 0 Å². The largest absolute Gasteiger partial charge is 0.481 e. The lowest BCUT2D eigenvalue weighted by Gasteiger charge is -2.32. The second kappa shape index (κ2) is 21.8. The average Bonchev–Trinajstić information content (AvgIpc) is 3.68. The van der Waals surface area contributed by atoms with Crippen LogP contribution in [0.5, 0.6) is 0 Å². The van der Waals surface area contributed by atoms with Crippen LogP contribution in [0.3, 0.4) is 0 Å². The van der Waals surface area contributed by atoms with Crippen LogP contribution in [-0.4, -0.2) is 70.1 Å². The Bertz CT molecular complexity index is 428. The van der Waals surface area contributed by atoms with Crippen LogP contribution in [0.4, 0.5) is 0 Å². The van der Waals surface area contributed by atoms with Gasteiger partial charge in [-0.25, -0.2) is 0 Å². The van der Waals surface area contributed by atoms with E-state index in [0.717, 1.165) is 32.5 Å². The van der Waals surface area contributed by atoms with Gasteiger partial charge in [0.15, 0.2) is 0 Å². The van der Waals surface area contributed by atoms with Gasteiger partial charge in [0.05, 0.1) is 44.1 Å². The smallest absolute Gasteiger partial charge is 0.309 e. The average molecular weight is 477 g/mol. The van der Waals surface area contributed by atoms with E-state index in [2.05, 4.69) is 11.7 Å². The highest BCUT2D eigenvalue weighted by Gasteiger charge is 2.41. The number of hydrogen-bond donors (Lipinski definition) is 5. The van der Waals surface area contributed by atoms with Gasteiger partial charge in [0.2, 0.25) is 0 Å². The van der Waals surface area contributed by atoms with Gasteiger partial charge in [-0.2, -0.15) is 0 Å². The number of aliphatic carboxylic acids is 1. The van der Waals surface area contributed by atoms with Crippen molar-refractivity contribution in [3.63, 3.8) is 0 Å². The first kappa shape index (κ1) is 32.3. The topological polar surface area (TPSA) is 131 Å². The highest BCUT2D eigenvalue weighted by atomic mass is 16.6. The molecule has 0 aromatic heterocycles. The number of unbranched alkanes of at least 4 members (excludes halogenated alkanes) is 13. The van der Waals surface area contributed by atoms with Crippen LogP contribution in [0.15, 0.2) is 0 Å². The van der Waals surface area contributed by atoms with Crippen LogP contribution in [0.2, 0.25) is 0 Å². The Labute approximate surface area is 201 Å². The van der Waals surface area contributed by atoms with Gasteiger partial charge in [-0.3, -0.25) is 4.79 Å². The van der Waals surface area contributed by atoms with E-state index in [0.29, 0.717) is 12.8 Å². The fraction of sp³-hybridized carbons (Fsp3) is 0.962. The van der Waals surface area contributed by atoms with E-state index < -0.39 is 36.8 Å². The zero-order chi connectivity index (χ0) is 24.8. The Hall–Kier alpha value is -0.730. The third-order valence-corrected chi connectivity index (χ3v) is 6.34. The van der Waals surface area contributed by atoms with Gasteiger partial charge in [0, 0.05) is 0 Å². The predicted molar refractivity (Wildman–Crippen MR) is 131 cm³/mol. The summed E-state index contributed by atoms with van der Waals surface area (Å²) in [6, 6.07) is 0. The van der Waals surface area contributed by atoms with Crippen LogP contribution >= 0.6 is 0 Å². The van der Waals surface area contributed by atoms with Crippen molar-refractivity contribution in [2.45, 2.75) is 128 Å². The molecular formula is C26H52O7. The number of ether oxygens (including phenoxy) is 1. The normalized spacial score (nSPS) is 16.4. The molecule has 1 aliphatic heterocycles. The minimum absolute atomic E-state index is 0.117. The molecule has 5 N–H and O–H groups in total. The van der Waals surface area contributed by atoms with Crippen molar-refractivity contribution in [1.29, 1.82) is 0 Å². The molecule has 1 fully saturated rings. The summed E-state index contributed by atoms with van der Waals surface area (Å²) in [4.78, 5) is 11.9. The maximum absolute atomic E-state index is 11.9. The number of aliphatic hydroxyl groups excluding tert-OH is 4. The summed E-state index contributed by atoms with van der Waals surface area (Å²) in [6.45, 7) is 3.22. The number of aliphatic hydroxyl groups is 4. The van der Waals surface area contributed by atoms with E-state index in [-0.39, 0.29) is 12.8 Å². The maximum Gasteiger partial charge on any atom is 0.309 e. The Morgan fingerprint density at radius 2 is 1.06 bits per heavy atom. The molecule has 1 saturated heterocycles. The van der Waals surface area contributed by atoms with Crippen molar-refractivity contribution in [2.75, 3.05) is 26.4 Å². The summed E-state index contributed by atoms with van der Waals surface area (Å²) in [7, 11) is 0. The quantitative estimate of drug-likeness (QED) is 0.115. The lowest BCUT2D eigenvalue weighted by Crippen LogP contribution is -2.39. The molecule has 0 aliphatic carbocycles. The van der Waals surface area contributed by atoms with E-state index >= 15 is 0 Å².